The third kappa shape index (κ3) is 2.00. The Kier molecular flexibility index (Phi) is 2.80. The predicted octanol–water partition coefficient (Wildman–Crippen LogP) is 1.29. The van der Waals surface area contributed by atoms with Crippen LogP contribution in [0.5, 0.6) is 5.75 Å². The number of aromatic hydroxyl groups is 1. The normalized spacial score (nSPS) is 11.2. The van der Waals surface area contributed by atoms with Gasteiger partial charge in [0.25, 0.3) is 0 Å². The van der Waals surface area contributed by atoms with Crippen LogP contribution in [0.4, 0.5) is 5.69 Å². The molecule has 0 aliphatic rings. The minimum Gasteiger partial charge on any atom is -0.506 e. The van der Waals surface area contributed by atoms with Crippen molar-refractivity contribution in [1.29, 1.82) is 0 Å². The number of nitrogens with two attached hydrogens (primary N) is 1. The van der Waals surface area contributed by atoms with Crippen LogP contribution in [0.15, 0.2) is 18.2 Å². The molecule has 0 amide bonds. The first-order valence-electron chi connectivity index (χ1n) is 5.48. The van der Waals surface area contributed by atoms with Crippen LogP contribution in [0, 0.1) is 0 Å². The van der Waals surface area contributed by atoms with Gasteiger partial charge in [-0.1, -0.05) is 11.3 Å². The van der Waals surface area contributed by atoms with Crippen LogP contribution in [0.2, 0.25) is 0 Å². The first-order chi connectivity index (χ1) is 9.19. The highest BCUT2D eigenvalue weighted by molar-refractivity contribution is 7.19. The van der Waals surface area contributed by atoms with Crippen molar-refractivity contribution in [2.24, 2.45) is 0 Å². The van der Waals surface area contributed by atoms with E-state index >= 15 is 0 Å². The zero-order valence-electron chi connectivity index (χ0n) is 10.1. The minimum atomic E-state index is 0.0619. The molecule has 0 radical (unpaired) electrons. The van der Waals surface area contributed by atoms with Crippen molar-refractivity contribution < 1.29 is 9.84 Å². The molecule has 0 saturated heterocycles. The summed E-state index contributed by atoms with van der Waals surface area (Å²) in [6.45, 7) is 0.349. The molecule has 0 spiro atoms. The molecule has 8 heteroatoms. The van der Waals surface area contributed by atoms with Gasteiger partial charge in [-0.25, -0.2) is 0 Å². The number of phenols is 1. The van der Waals surface area contributed by atoms with E-state index in [1.807, 2.05) is 0 Å². The second-order valence-electron chi connectivity index (χ2n) is 3.92. The first-order valence-corrected chi connectivity index (χ1v) is 6.29. The highest BCUT2D eigenvalue weighted by Gasteiger charge is 2.13. The molecular weight excluding hydrogens is 266 g/mol. The number of phenolic OH excluding ortho intramolecular Hbond substituents is 1. The van der Waals surface area contributed by atoms with Crippen LogP contribution in [0.25, 0.3) is 15.5 Å². The van der Waals surface area contributed by atoms with Gasteiger partial charge >= 0.3 is 0 Å². The zero-order valence-corrected chi connectivity index (χ0v) is 10.9. The summed E-state index contributed by atoms with van der Waals surface area (Å²) in [5.74, 6) is 0.707. The van der Waals surface area contributed by atoms with Gasteiger partial charge in [-0.2, -0.15) is 9.61 Å². The lowest BCUT2D eigenvalue weighted by Gasteiger charge is -2.00. The number of hydrogen-bond acceptors (Lipinski definition) is 7. The molecule has 3 aromatic rings. The number of aromatic nitrogens is 4. The van der Waals surface area contributed by atoms with E-state index in [2.05, 4.69) is 15.3 Å². The Bertz CT molecular complexity index is 736. The van der Waals surface area contributed by atoms with Crippen molar-refractivity contribution in [3.05, 3.63) is 24.0 Å². The van der Waals surface area contributed by atoms with E-state index in [0.717, 1.165) is 10.6 Å². The Morgan fingerprint density at radius 3 is 3.00 bits per heavy atom. The van der Waals surface area contributed by atoms with Gasteiger partial charge < -0.3 is 15.6 Å². The van der Waals surface area contributed by atoms with Crippen LogP contribution in [-0.2, 0) is 11.3 Å². The largest absolute Gasteiger partial charge is 0.506 e. The lowest BCUT2D eigenvalue weighted by atomic mass is 10.2. The predicted molar refractivity (Wildman–Crippen MR) is 70.9 cm³/mol. The average molecular weight is 277 g/mol. The number of ether oxygens (including phenoxy) is 1. The summed E-state index contributed by atoms with van der Waals surface area (Å²) in [5.41, 5.74) is 6.83. The quantitative estimate of drug-likeness (QED) is 0.553. The van der Waals surface area contributed by atoms with Crippen molar-refractivity contribution >= 4 is 22.0 Å². The summed E-state index contributed by atoms with van der Waals surface area (Å²) in [7, 11) is 1.59. The van der Waals surface area contributed by atoms with E-state index in [-0.39, 0.29) is 5.75 Å². The summed E-state index contributed by atoms with van der Waals surface area (Å²) in [6, 6.07) is 4.98. The van der Waals surface area contributed by atoms with Crippen molar-refractivity contribution in [1.82, 2.24) is 19.8 Å². The third-order valence-corrected chi connectivity index (χ3v) is 3.55. The molecule has 0 aliphatic heterocycles. The average Bonchev–Trinajstić information content (AvgIpc) is 2.95. The molecule has 0 saturated carbocycles. The fourth-order valence-electron chi connectivity index (χ4n) is 1.68. The van der Waals surface area contributed by atoms with Crippen LogP contribution >= 0.6 is 11.3 Å². The standard InChI is InChI=1S/C11H11N5O2S/c1-18-5-9-13-14-11-16(9)15-10(19-11)6-2-3-8(17)7(12)4-6/h2-4,17H,5,12H2,1H3. The number of anilines is 1. The molecule has 0 bridgehead atoms. The molecule has 7 nitrogen and oxygen atoms in total. The second-order valence-corrected chi connectivity index (χ2v) is 4.88. The number of nitrogen functional groups attached to an aromatic ring is 1. The molecule has 3 N–H and O–H groups in total. The van der Waals surface area contributed by atoms with Crippen LogP contribution in [0.1, 0.15) is 5.82 Å². The van der Waals surface area contributed by atoms with Crippen molar-refractivity contribution in [2.45, 2.75) is 6.61 Å². The number of nitrogens with zero attached hydrogens (tertiary/aromatic N) is 4. The van der Waals surface area contributed by atoms with Crippen LogP contribution < -0.4 is 5.73 Å². The van der Waals surface area contributed by atoms with E-state index < -0.39 is 0 Å². The molecule has 2 aromatic heterocycles. The lowest BCUT2D eigenvalue weighted by Crippen LogP contribution is -1.97. The number of fused-ring (bicyclic) bond motifs is 1. The Balaban J connectivity index is 2.07. The van der Waals surface area contributed by atoms with E-state index in [4.69, 9.17) is 10.5 Å². The number of rotatable bonds is 3. The monoisotopic (exact) mass is 277 g/mol. The molecule has 19 heavy (non-hydrogen) atoms. The number of benzene rings is 1. The van der Waals surface area contributed by atoms with Gasteiger partial charge in [0.1, 0.15) is 17.4 Å². The van der Waals surface area contributed by atoms with E-state index in [9.17, 15) is 5.11 Å². The molecule has 1 aromatic carbocycles. The molecular formula is C11H11N5O2S. The molecule has 0 fully saturated rings. The minimum absolute atomic E-state index is 0.0619. The number of hydrogen-bond donors (Lipinski definition) is 2. The summed E-state index contributed by atoms with van der Waals surface area (Å²) in [5, 5.41) is 22.6. The molecule has 0 atom stereocenters. The van der Waals surface area contributed by atoms with Crippen molar-refractivity contribution in [3.63, 3.8) is 0 Å². The molecule has 2 heterocycles. The summed E-state index contributed by atoms with van der Waals surface area (Å²) in [4.78, 5) is 0.689. The summed E-state index contributed by atoms with van der Waals surface area (Å²) >= 11 is 1.40. The topological polar surface area (TPSA) is 98.6 Å². The Morgan fingerprint density at radius 2 is 2.26 bits per heavy atom. The lowest BCUT2D eigenvalue weighted by molar-refractivity contribution is 0.176. The molecule has 3 rings (SSSR count). The maximum Gasteiger partial charge on any atom is 0.235 e. The Hall–Kier alpha value is -2.19. The maximum atomic E-state index is 9.42. The van der Waals surface area contributed by atoms with Crippen LogP contribution in [-0.4, -0.2) is 32.0 Å². The SMILES string of the molecule is COCc1nnc2sc(-c3ccc(O)c(N)c3)nn12. The van der Waals surface area contributed by atoms with Gasteiger partial charge in [-0.15, -0.1) is 10.2 Å². The van der Waals surface area contributed by atoms with E-state index in [0.29, 0.717) is 23.1 Å². The highest BCUT2D eigenvalue weighted by atomic mass is 32.1. The second kappa shape index (κ2) is 4.48. The van der Waals surface area contributed by atoms with Crippen molar-refractivity contribution in [2.75, 3.05) is 12.8 Å². The van der Waals surface area contributed by atoms with Gasteiger partial charge in [-0.3, -0.25) is 0 Å². The summed E-state index contributed by atoms with van der Waals surface area (Å²) < 4.78 is 6.68. The maximum absolute atomic E-state index is 9.42. The summed E-state index contributed by atoms with van der Waals surface area (Å²) in [6.07, 6.45) is 0. The number of methoxy groups -OCH3 is 1. The Labute approximate surface area is 112 Å². The van der Waals surface area contributed by atoms with E-state index in [1.54, 1.807) is 29.8 Å². The van der Waals surface area contributed by atoms with Crippen LogP contribution in [0.3, 0.4) is 0 Å². The molecule has 98 valence electrons. The van der Waals surface area contributed by atoms with Gasteiger partial charge in [0.2, 0.25) is 4.96 Å². The smallest absolute Gasteiger partial charge is 0.235 e. The van der Waals surface area contributed by atoms with Gasteiger partial charge in [0.05, 0.1) is 5.69 Å². The first kappa shape index (κ1) is 11.9. The van der Waals surface area contributed by atoms with Gasteiger partial charge in [0.15, 0.2) is 5.82 Å². The fourth-order valence-corrected chi connectivity index (χ4v) is 2.54. The Morgan fingerprint density at radius 1 is 1.42 bits per heavy atom. The zero-order chi connectivity index (χ0) is 13.4. The molecule has 0 aliphatic carbocycles. The fraction of sp³-hybridized carbons (Fsp3) is 0.182. The van der Waals surface area contributed by atoms with Gasteiger partial charge in [0, 0.05) is 12.7 Å². The highest BCUT2D eigenvalue weighted by Crippen LogP contribution is 2.30. The van der Waals surface area contributed by atoms with E-state index in [1.165, 1.54) is 11.3 Å². The third-order valence-electron chi connectivity index (χ3n) is 2.60. The van der Waals surface area contributed by atoms with Gasteiger partial charge in [-0.05, 0) is 18.2 Å². The molecule has 0 unspecified atom stereocenters. The van der Waals surface area contributed by atoms with Crippen molar-refractivity contribution in [3.8, 4) is 16.3 Å².